The lowest BCUT2D eigenvalue weighted by Crippen LogP contribution is -2.39. The number of carbonyl (C=O) groups is 1. The van der Waals surface area contributed by atoms with Gasteiger partial charge in [0, 0.05) is 19.1 Å². The Morgan fingerprint density at radius 2 is 2.00 bits per heavy atom. The highest BCUT2D eigenvalue weighted by molar-refractivity contribution is 5.78. The number of benzene rings is 1. The average molecular weight is 290 g/mol. The van der Waals surface area contributed by atoms with Crippen LogP contribution in [0.5, 0.6) is 5.75 Å². The Labute approximate surface area is 127 Å². The molecule has 0 unspecified atom stereocenters. The molecule has 2 rings (SSSR count). The van der Waals surface area contributed by atoms with E-state index in [9.17, 15) is 4.79 Å². The van der Waals surface area contributed by atoms with E-state index in [2.05, 4.69) is 18.3 Å². The molecule has 0 bridgehead atoms. The zero-order chi connectivity index (χ0) is 15.1. The summed E-state index contributed by atoms with van der Waals surface area (Å²) in [7, 11) is 1.67. The molecule has 1 heterocycles. The van der Waals surface area contributed by atoms with E-state index < -0.39 is 0 Å². The summed E-state index contributed by atoms with van der Waals surface area (Å²) in [5, 5.41) is 3.32. The van der Waals surface area contributed by atoms with E-state index in [-0.39, 0.29) is 11.9 Å². The van der Waals surface area contributed by atoms with Gasteiger partial charge in [-0.15, -0.1) is 0 Å². The number of carbonyl (C=O) groups excluding carboxylic acids is 1. The first-order chi connectivity index (χ1) is 10.2. The van der Waals surface area contributed by atoms with Gasteiger partial charge in [0.05, 0.1) is 13.7 Å². The minimum atomic E-state index is 0.135. The Hall–Kier alpha value is -1.55. The smallest absolute Gasteiger partial charge is 0.236 e. The molecular formula is C17H26N2O2. The maximum Gasteiger partial charge on any atom is 0.236 e. The van der Waals surface area contributed by atoms with Gasteiger partial charge in [-0.05, 0) is 37.5 Å². The summed E-state index contributed by atoms with van der Waals surface area (Å²) in [6, 6.07) is 8.10. The quantitative estimate of drug-likeness (QED) is 0.906. The van der Waals surface area contributed by atoms with Gasteiger partial charge in [-0.3, -0.25) is 4.79 Å². The molecule has 1 aliphatic rings. The lowest BCUT2D eigenvalue weighted by atomic mass is 10.1. The van der Waals surface area contributed by atoms with Gasteiger partial charge >= 0.3 is 0 Å². The molecule has 1 aliphatic heterocycles. The lowest BCUT2D eigenvalue weighted by Gasteiger charge is -2.22. The number of rotatable bonds is 5. The van der Waals surface area contributed by atoms with Crippen LogP contribution in [0.3, 0.4) is 0 Å². The van der Waals surface area contributed by atoms with Gasteiger partial charge < -0.3 is 15.0 Å². The molecule has 0 spiro atoms. The summed E-state index contributed by atoms with van der Waals surface area (Å²) >= 11 is 0. The van der Waals surface area contributed by atoms with Crippen LogP contribution in [-0.2, 0) is 4.79 Å². The van der Waals surface area contributed by atoms with Crippen molar-refractivity contribution in [2.75, 3.05) is 26.7 Å². The van der Waals surface area contributed by atoms with Crippen molar-refractivity contribution >= 4 is 5.91 Å². The van der Waals surface area contributed by atoms with E-state index in [0.717, 1.165) is 37.2 Å². The van der Waals surface area contributed by atoms with Gasteiger partial charge in [0.25, 0.3) is 0 Å². The lowest BCUT2D eigenvalue weighted by molar-refractivity contribution is -0.130. The summed E-state index contributed by atoms with van der Waals surface area (Å²) < 4.78 is 5.24. The van der Waals surface area contributed by atoms with Crippen LogP contribution in [0.4, 0.5) is 0 Å². The van der Waals surface area contributed by atoms with Crippen LogP contribution in [0.2, 0.25) is 0 Å². The van der Waals surface area contributed by atoms with Gasteiger partial charge in [0.15, 0.2) is 0 Å². The van der Waals surface area contributed by atoms with Crippen LogP contribution >= 0.6 is 0 Å². The molecule has 0 radical (unpaired) electrons. The zero-order valence-electron chi connectivity index (χ0n) is 13.1. The predicted octanol–water partition coefficient (Wildman–Crippen LogP) is 2.75. The highest BCUT2D eigenvalue weighted by Gasteiger charge is 2.16. The number of hydrogen-bond acceptors (Lipinski definition) is 3. The molecule has 4 nitrogen and oxygen atoms in total. The Balaban J connectivity index is 1.84. The van der Waals surface area contributed by atoms with Gasteiger partial charge in [-0.25, -0.2) is 0 Å². The fraction of sp³-hybridized carbons (Fsp3) is 0.588. The van der Waals surface area contributed by atoms with Crippen molar-refractivity contribution in [3.05, 3.63) is 29.8 Å². The fourth-order valence-corrected chi connectivity index (χ4v) is 2.70. The second kappa shape index (κ2) is 8.03. The second-order valence-electron chi connectivity index (χ2n) is 5.67. The molecule has 4 heteroatoms. The van der Waals surface area contributed by atoms with Crippen LogP contribution in [0.15, 0.2) is 24.3 Å². The van der Waals surface area contributed by atoms with Crippen molar-refractivity contribution in [2.45, 2.75) is 38.6 Å². The fourth-order valence-electron chi connectivity index (χ4n) is 2.70. The number of likely N-dealkylation sites (tertiary alicyclic amines) is 1. The van der Waals surface area contributed by atoms with Gasteiger partial charge in [0.2, 0.25) is 5.91 Å². The molecule has 1 atom stereocenters. The Kier molecular flexibility index (Phi) is 6.05. The monoisotopic (exact) mass is 290 g/mol. The molecule has 0 aromatic heterocycles. The van der Waals surface area contributed by atoms with Crippen molar-refractivity contribution in [3.63, 3.8) is 0 Å². The third kappa shape index (κ3) is 4.74. The summed E-state index contributed by atoms with van der Waals surface area (Å²) in [6.07, 6.45) is 4.77. The molecule has 1 amide bonds. The van der Waals surface area contributed by atoms with Crippen LogP contribution in [0.25, 0.3) is 0 Å². The minimum absolute atomic E-state index is 0.135. The molecule has 0 saturated carbocycles. The Bertz CT molecular complexity index is 454. The summed E-state index contributed by atoms with van der Waals surface area (Å²) in [5.74, 6) is 1.06. The maximum atomic E-state index is 12.2. The maximum absolute atomic E-state index is 12.2. The van der Waals surface area contributed by atoms with Gasteiger partial charge in [0.1, 0.15) is 5.75 Å². The third-order valence-electron chi connectivity index (χ3n) is 4.11. The van der Waals surface area contributed by atoms with Crippen molar-refractivity contribution in [2.24, 2.45) is 0 Å². The van der Waals surface area contributed by atoms with Gasteiger partial charge in [-0.1, -0.05) is 25.0 Å². The van der Waals surface area contributed by atoms with Crippen LogP contribution in [0, 0.1) is 0 Å². The molecule has 1 aromatic rings. The molecule has 1 aromatic carbocycles. The molecule has 1 saturated heterocycles. The molecule has 21 heavy (non-hydrogen) atoms. The van der Waals surface area contributed by atoms with Crippen molar-refractivity contribution in [1.29, 1.82) is 0 Å². The summed E-state index contributed by atoms with van der Waals surface area (Å²) in [6.45, 7) is 4.30. The Morgan fingerprint density at radius 1 is 1.29 bits per heavy atom. The number of nitrogens with one attached hydrogen (secondary N) is 1. The van der Waals surface area contributed by atoms with Crippen molar-refractivity contribution < 1.29 is 9.53 Å². The van der Waals surface area contributed by atoms with Gasteiger partial charge in [-0.2, -0.15) is 0 Å². The van der Waals surface area contributed by atoms with Crippen LogP contribution in [0.1, 0.15) is 44.2 Å². The van der Waals surface area contributed by atoms with E-state index in [0.29, 0.717) is 6.54 Å². The predicted molar refractivity (Wildman–Crippen MR) is 84.5 cm³/mol. The number of methoxy groups -OCH3 is 1. The average Bonchev–Trinajstić information content (AvgIpc) is 2.81. The highest BCUT2D eigenvalue weighted by atomic mass is 16.5. The highest BCUT2D eigenvalue weighted by Crippen LogP contribution is 2.18. The van der Waals surface area contributed by atoms with Crippen molar-refractivity contribution in [3.8, 4) is 5.75 Å². The van der Waals surface area contributed by atoms with E-state index >= 15 is 0 Å². The molecule has 1 N–H and O–H groups in total. The topological polar surface area (TPSA) is 41.6 Å². The zero-order valence-corrected chi connectivity index (χ0v) is 13.1. The minimum Gasteiger partial charge on any atom is -0.497 e. The number of hydrogen-bond donors (Lipinski definition) is 1. The van der Waals surface area contributed by atoms with E-state index in [1.54, 1.807) is 7.11 Å². The molecule has 116 valence electrons. The number of nitrogens with zero attached hydrogens (tertiary/aromatic N) is 1. The normalized spacial score (nSPS) is 17.1. The summed E-state index contributed by atoms with van der Waals surface area (Å²) in [4.78, 5) is 14.2. The van der Waals surface area contributed by atoms with E-state index in [4.69, 9.17) is 4.74 Å². The van der Waals surface area contributed by atoms with Crippen LogP contribution in [-0.4, -0.2) is 37.6 Å². The number of amides is 1. The van der Waals surface area contributed by atoms with E-state index in [1.165, 1.54) is 12.8 Å². The first kappa shape index (κ1) is 15.8. The SMILES string of the molecule is COc1cccc([C@H](C)NCC(=O)N2CCCCCC2)c1. The van der Waals surface area contributed by atoms with Crippen LogP contribution < -0.4 is 10.1 Å². The first-order valence-electron chi connectivity index (χ1n) is 7.86. The Morgan fingerprint density at radius 3 is 2.67 bits per heavy atom. The standard InChI is InChI=1S/C17H26N2O2/c1-14(15-8-7-9-16(12-15)21-2)18-13-17(20)19-10-5-3-4-6-11-19/h7-9,12,14,18H,3-6,10-11,13H2,1-2H3/t14-/m0/s1. The molecule has 1 fully saturated rings. The van der Waals surface area contributed by atoms with Crippen molar-refractivity contribution in [1.82, 2.24) is 10.2 Å². The largest absolute Gasteiger partial charge is 0.497 e. The van der Waals surface area contributed by atoms with E-state index in [1.807, 2.05) is 23.1 Å². The number of ether oxygens (including phenoxy) is 1. The molecule has 0 aliphatic carbocycles. The first-order valence-corrected chi connectivity index (χ1v) is 7.86. The molecular weight excluding hydrogens is 264 g/mol. The summed E-state index contributed by atoms with van der Waals surface area (Å²) in [5.41, 5.74) is 1.14. The second-order valence-corrected chi connectivity index (χ2v) is 5.67. The third-order valence-corrected chi connectivity index (χ3v) is 4.11.